The summed E-state index contributed by atoms with van der Waals surface area (Å²) in [4.78, 5) is 0. The van der Waals surface area contributed by atoms with Gasteiger partial charge in [-0.25, -0.2) is 8.42 Å². The van der Waals surface area contributed by atoms with Crippen molar-refractivity contribution in [2.45, 2.75) is 45.6 Å². The van der Waals surface area contributed by atoms with E-state index in [1.54, 1.807) is 0 Å². The minimum Gasteiger partial charge on any atom is -0.380 e. The number of hydrogen-bond donors (Lipinski definition) is 1. The molecule has 0 aliphatic heterocycles. The molecule has 27 heavy (non-hydrogen) atoms. The van der Waals surface area contributed by atoms with Crippen molar-refractivity contribution in [1.29, 1.82) is 0 Å². The van der Waals surface area contributed by atoms with E-state index >= 15 is 0 Å². The summed E-state index contributed by atoms with van der Waals surface area (Å²) in [6.45, 7) is 6.13. The van der Waals surface area contributed by atoms with Crippen molar-refractivity contribution in [2.24, 2.45) is 11.8 Å². The fraction of sp³-hybridized carbons (Fsp3) is 0.478. The van der Waals surface area contributed by atoms with Crippen molar-refractivity contribution in [3.8, 4) is 0 Å². The van der Waals surface area contributed by atoms with E-state index in [0.29, 0.717) is 12.8 Å². The first-order valence-electron chi connectivity index (χ1n) is 9.83. The Balaban J connectivity index is 2.54. The highest BCUT2D eigenvalue weighted by Gasteiger charge is 2.42. The maximum Gasteiger partial charge on any atom is 0.150 e. The Bertz CT molecular complexity index is 743. The quantitative estimate of drug-likeness (QED) is 0.636. The molecule has 0 aromatic heterocycles. The molecule has 0 spiro atoms. The molecule has 4 heteroatoms. The van der Waals surface area contributed by atoms with Gasteiger partial charge in [0.15, 0.2) is 9.84 Å². The summed E-state index contributed by atoms with van der Waals surface area (Å²) < 4.78 is 25.6. The molecule has 2 rings (SSSR count). The SMILES string of the molecule is CCCCS(=O)(=O)C[C@H](CC(C)C)C(O)(c1ccccc1)c1ccccc1. The summed E-state index contributed by atoms with van der Waals surface area (Å²) in [7, 11) is -3.25. The lowest BCUT2D eigenvalue weighted by Crippen LogP contribution is -2.41. The zero-order valence-corrected chi connectivity index (χ0v) is 17.5. The third-order valence-electron chi connectivity index (χ3n) is 5.04. The first-order chi connectivity index (χ1) is 12.8. The van der Waals surface area contributed by atoms with Gasteiger partial charge in [-0.2, -0.15) is 0 Å². The number of rotatable bonds is 10. The molecular weight excluding hydrogens is 356 g/mol. The lowest BCUT2D eigenvalue weighted by atomic mass is 9.74. The van der Waals surface area contributed by atoms with E-state index in [1.165, 1.54) is 0 Å². The van der Waals surface area contributed by atoms with E-state index in [0.717, 1.165) is 17.5 Å². The molecule has 0 saturated heterocycles. The molecule has 0 amide bonds. The Hall–Kier alpha value is -1.65. The standard InChI is InChI=1S/C23H32O3S/c1-4-5-16-27(25,26)18-22(17-19(2)3)23(24,20-12-8-6-9-13-20)21-14-10-7-11-15-21/h6-15,19,22,24H,4-5,16-18H2,1-3H3/t22-/m0/s1. The van der Waals surface area contributed by atoms with Crippen LogP contribution in [0.4, 0.5) is 0 Å². The van der Waals surface area contributed by atoms with E-state index in [9.17, 15) is 13.5 Å². The Morgan fingerprint density at radius 2 is 1.41 bits per heavy atom. The monoisotopic (exact) mass is 388 g/mol. The number of sulfone groups is 1. The molecule has 1 atom stereocenters. The van der Waals surface area contributed by atoms with Gasteiger partial charge in [0.25, 0.3) is 0 Å². The summed E-state index contributed by atoms with van der Waals surface area (Å²) >= 11 is 0. The van der Waals surface area contributed by atoms with E-state index in [2.05, 4.69) is 13.8 Å². The summed E-state index contributed by atoms with van der Waals surface area (Å²) in [5.41, 5.74) is 0.145. The fourth-order valence-corrected chi connectivity index (χ4v) is 5.59. The minimum atomic E-state index is -3.25. The highest BCUT2D eigenvalue weighted by atomic mass is 32.2. The Morgan fingerprint density at radius 3 is 1.81 bits per heavy atom. The topological polar surface area (TPSA) is 54.4 Å². The van der Waals surface area contributed by atoms with Gasteiger partial charge >= 0.3 is 0 Å². The summed E-state index contributed by atoms with van der Waals surface area (Å²) in [5, 5.41) is 12.0. The number of unbranched alkanes of at least 4 members (excludes halogenated alkanes) is 1. The lowest BCUT2D eigenvalue weighted by molar-refractivity contribution is 0.0165. The molecule has 0 fully saturated rings. The Kier molecular flexibility index (Phi) is 7.63. The van der Waals surface area contributed by atoms with Crippen LogP contribution < -0.4 is 0 Å². The highest BCUT2D eigenvalue weighted by molar-refractivity contribution is 7.91. The summed E-state index contributed by atoms with van der Waals surface area (Å²) in [5.74, 6) is 0.0305. The summed E-state index contributed by atoms with van der Waals surface area (Å²) in [6, 6.07) is 18.9. The average Bonchev–Trinajstić information content (AvgIpc) is 2.66. The molecule has 1 N–H and O–H groups in total. The maximum absolute atomic E-state index is 12.8. The molecule has 3 nitrogen and oxygen atoms in total. The van der Waals surface area contributed by atoms with Crippen LogP contribution in [0, 0.1) is 11.8 Å². The van der Waals surface area contributed by atoms with Crippen LogP contribution in [-0.4, -0.2) is 25.0 Å². The molecule has 2 aromatic carbocycles. The van der Waals surface area contributed by atoms with Crippen LogP contribution in [0.2, 0.25) is 0 Å². The first kappa shape index (κ1) is 21.6. The van der Waals surface area contributed by atoms with Crippen LogP contribution in [0.3, 0.4) is 0 Å². The Labute approximate surface area is 164 Å². The smallest absolute Gasteiger partial charge is 0.150 e. The second-order valence-electron chi connectivity index (χ2n) is 7.79. The van der Waals surface area contributed by atoms with Crippen LogP contribution in [0.25, 0.3) is 0 Å². The molecular formula is C23H32O3S. The van der Waals surface area contributed by atoms with Crippen molar-refractivity contribution < 1.29 is 13.5 Å². The van der Waals surface area contributed by atoms with Gasteiger partial charge in [0.05, 0.1) is 11.5 Å². The van der Waals surface area contributed by atoms with Gasteiger partial charge in [0.1, 0.15) is 5.60 Å². The third kappa shape index (κ3) is 5.66. The van der Waals surface area contributed by atoms with Gasteiger partial charge in [0, 0.05) is 5.92 Å². The van der Waals surface area contributed by atoms with Gasteiger partial charge in [-0.1, -0.05) is 87.9 Å². The molecule has 0 radical (unpaired) electrons. The van der Waals surface area contributed by atoms with Crippen molar-refractivity contribution in [1.82, 2.24) is 0 Å². The number of aliphatic hydroxyl groups is 1. The van der Waals surface area contributed by atoms with Crippen molar-refractivity contribution in [3.05, 3.63) is 71.8 Å². The molecule has 0 saturated carbocycles. The van der Waals surface area contributed by atoms with Gasteiger partial charge in [0.2, 0.25) is 0 Å². The van der Waals surface area contributed by atoms with E-state index in [-0.39, 0.29) is 17.4 Å². The zero-order chi connectivity index (χ0) is 19.9. The maximum atomic E-state index is 12.8. The lowest BCUT2D eigenvalue weighted by Gasteiger charge is -2.38. The van der Waals surface area contributed by atoms with Gasteiger partial charge in [-0.05, 0) is 29.9 Å². The predicted octanol–water partition coefficient (Wildman–Crippen LogP) is 4.80. The van der Waals surface area contributed by atoms with Gasteiger partial charge in [-0.15, -0.1) is 0 Å². The van der Waals surface area contributed by atoms with E-state index in [4.69, 9.17) is 0 Å². The van der Waals surface area contributed by atoms with Crippen LogP contribution in [0.15, 0.2) is 60.7 Å². The van der Waals surface area contributed by atoms with Crippen LogP contribution >= 0.6 is 0 Å². The normalized spacial score (nSPS) is 13.7. The van der Waals surface area contributed by atoms with Gasteiger partial charge < -0.3 is 5.11 Å². The molecule has 0 unspecified atom stereocenters. The second kappa shape index (κ2) is 9.52. The summed E-state index contributed by atoms with van der Waals surface area (Å²) in [6.07, 6.45) is 2.13. The van der Waals surface area contributed by atoms with E-state index in [1.807, 2.05) is 67.6 Å². The van der Waals surface area contributed by atoms with Crippen LogP contribution in [0.1, 0.15) is 51.2 Å². The number of benzene rings is 2. The number of hydrogen-bond acceptors (Lipinski definition) is 3. The second-order valence-corrected chi connectivity index (χ2v) is 10.0. The Morgan fingerprint density at radius 1 is 0.926 bits per heavy atom. The van der Waals surface area contributed by atoms with E-state index < -0.39 is 21.4 Å². The van der Waals surface area contributed by atoms with Crippen molar-refractivity contribution in [3.63, 3.8) is 0 Å². The predicted molar refractivity (Wildman–Crippen MR) is 112 cm³/mol. The van der Waals surface area contributed by atoms with Crippen molar-refractivity contribution in [2.75, 3.05) is 11.5 Å². The molecule has 0 aliphatic carbocycles. The highest BCUT2D eigenvalue weighted by Crippen LogP contribution is 2.40. The third-order valence-corrected chi connectivity index (χ3v) is 6.86. The molecule has 0 bridgehead atoms. The molecule has 2 aromatic rings. The first-order valence-corrected chi connectivity index (χ1v) is 11.7. The van der Waals surface area contributed by atoms with Crippen LogP contribution in [-0.2, 0) is 15.4 Å². The van der Waals surface area contributed by atoms with Crippen molar-refractivity contribution >= 4 is 9.84 Å². The zero-order valence-electron chi connectivity index (χ0n) is 16.6. The minimum absolute atomic E-state index is 0.00846. The average molecular weight is 389 g/mol. The molecule has 148 valence electrons. The van der Waals surface area contributed by atoms with Gasteiger partial charge in [-0.3, -0.25) is 0 Å². The van der Waals surface area contributed by atoms with Crippen LogP contribution in [0.5, 0.6) is 0 Å². The largest absolute Gasteiger partial charge is 0.380 e. The molecule has 0 aliphatic rings. The molecule has 0 heterocycles. The fourth-order valence-electron chi connectivity index (χ4n) is 3.70.